The number of nitrogens with zero attached hydrogens (tertiary/aromatic N) is 2. The molecule has 1 aromatic rings. The van der Waals surface area contributed by atoms with E-state index in [9.17, 15) is 4.79 Å². The number of aromatic nitrogens is 2. The Bertz CT molecular complexity index is 259. The minimum Gasteiger partial charge on any atom is -0.447 e. The highest BCUT2D eigenvalue weighted by Crippen LogP contribution is 2.00. The third-order valence-corrected chi connectivity index (χ3v) is 1.36. The van der Waals surface area contributed by atoms with E-state index in [2.05, 4.69) is 9.72 Å². The van der Waals surface area contributed by atoms with Crippen molar-refractivity contribution in [3.63, 3.8) is 0 Å². The second kappa shape index (κ2) is 3.39. The molecule has 0 saturated heterocycles. The molecule has 5 heteroatoms. The average molecular weight is 175 g/mol. The van der Waals surface area contributed by atoms with Crippen molar-refractivity contribution in [2.45, 2.75) is 6.61 Å². The van der Waals surface area contributed by atoms with Crippen LogP contribution in [0.5, 0.6) is 0 Å². The summed E-state index contributed by atoms with van der Waals surface area (Å²) >= 11 is 4.96. The Morgan fingerprint density at radius 3 is 3.09 bits per heavy atom. The second-order valence-corrected chi connectivity index (χ2v) is 2.33. The molecule has 0 spiro atoms. The summed E-state index contributed by atoms with van der Waals surface area (Å²) in [6, 6.07) is 0. The lowest BCUT2D eigenvalue weighted by molar-refractivity contribution is 0.164. The Balaban J connectivity index is 2.51. The van der Waals surface area contributed by atoms with Crippen LogP contribution in [-0.2, 0) is 18.4 Å². The van der Waals surface area contributed by atoms with E-state index in [0.717, 1.165) is 5.69 Å². The van der Waals surface area contributed by atoms with Gasteiger partial charge in [-0.25, -0.2) is 9.78 Å². The summed E-state index contributed by atoms with van der Waals surface area (Å²) in [7, 11) is 1.81. The van der Waals surface area contributed by atoms with Crippen LogP contribution < -0.4 is 0 Å². The molecule has 0 aliphatic carbocycles. The summed E-state index contributed by atoms with van der Waals surface area (Å²) in [4.78, 5) is 14.0. The Morgan fingerprint density at radius 1 is 1.91 bits per heavy atom. The first-order valence-electron chi connectivity index (χ1n) is 2.97. The highest BCUT2D eigenvalue weighted by molar-refractivity contribution is 6.61. The normalized spacial score (nSPS) is 9.64. The first-order chi connectivity index (χ1) is 5.20. The van der Waals surface area contributed by atoms with Gasteiger partial charge >= 0.3 is 5.43 Å². The molecule has 1 aromatic heterocycles. The van der Waals surface area contributed by atoms with Gasteiger partial charge in [-0.05, 0) is 0 Å². The summed E-state index contributed by atoms with van der Waals surface area (Å²) in [6.07, 6.45) is 3.23. The van der Waals surface area contributed by atoms with Gasteiger partial charge in [0.15, 0.2) is 0 Å². The van der Waals surface area contributed by atoms with E-state index in [4.69, 9.17) is 11.6 Å². The molecule has 1 rings (SSSR count). The van der Waals surface area contributed by atoms with Gasteiger partial charge in [-0.15, -0.1) is 0 Å². The number of hydrogen-bond donors (Lipinski definition) is 0. The highest BCUT2D eigenvalue weighted by Gasteiger charge is 2.00. The van der Waals surface area contributed by atoms with E-state index in [0.29, 0.717) is 0 Å². The van der Waals surface area contributed by atoms with Crippen molar-refractivity contribution in [1.29, 1.82) is 0 Å². The molecule has 4 nitrogen and oxygen atoms in total. The van der Waals surface area contributed by atoms with Crippen LogP contribution in [0.3, 0.4) is 0 Å². The number of carbonyl (C=O) groups is 1. The maximum Gasteiger partial charge on any atom is 0.404 e. The topological polar surface area (TPSA) is 44.1 Å². The number of ether oxygens (including phenoxy) is 1. The zero-order valence-electron chi connectivity index (χ0n) is 5.95. The smallest absolute Gasteiger partial charge is 0.404 e. The molecular weight excluding hydrogens is 168 g/mol. The molecule has 0 fully saturated rings. The maximum atomic E-state index is 10.2. The van der Waals surface area contributed by atoms with E-state index >= 15 is 0 Å². The Kier molecular flexibility index (Phi) is 2.48. The van der Waals surface area contributed by atoms with E-state index in [-0.39, 0.29) is 6.61 Å². The molecule has 11 heavy (non-hydrogen) atoms. The first kappa shape index (κ1) is 8.07. The molecular formula is C6H7ClN2O2. The number of halogens is 1. The van der Waals surface area contributed by atoms with Crippen LogP contribution in [0, 0.1) is 0 Å². The maximum absolute atomic E-state index is 10.2. The molecule has 0 amide bonds. The van der Waals surface area contributed by atoms with Crippen molar-refractivity contribution in [3.8, 4) is 0 Å². The van der Waals surface area contributed by atoms with Crippen molar-refractivity contribution in [2.24, 2.45) is 7.05 Å². The third-order valence-electron chi connectivity index (χ3n) is 1.25. The SMILES string of the molecule is Cn1cncc1COC(=O)Cl. The summed E-state index contributed by atoms with van der Waals surface area (Å²) in [5, 5.41) is 0. The van der Waals surface area contributed by atoms with Crippen LogP contribution in [0.2, 0.25) is 0 Å². The quantitative estimate of drug-likeness (QED) is 0.635. The summed E-state index contributed by atoms with van der Waals surface area (Å²) in [6.45, 7) is 0.166. The lowest BCUT2D eigenvalue weighted by Crippen LogP contribution is -1.99. The van der Waals surface area contributed by atoms with Gasteiger partial charge in [-0.3, -0.25) is 0 Å². The van der Waals surface area contributed by atoms with Gasteiger partial charge in [-0.2, -0.15) is 0 Å². The lowest BCUT2D eigenvalue weighted by atomic mass is 10.5. The number of imidazole rings is 1. The summed E-state index contributed by atoms with van der Waals surface area (Å²) in [5.41, 5.74) is 0.00481. The average Bonchev–Trinajstić information content (AvgIpc) is 2.31. The molecule has 60 valence electrons. The fourth-order valence-corrected chi connectivity index (χ4v) is 0.709. The highest BCUT2D eigenvalue weighted by atomic mass is 35.5. The molecule has 0 aliphatic rings. The molecule has 0 saturated carbocycles. The van der Waals surface area contributed by atoms with E-state index in [1.807, 2.05) is 7.05 Å². The number of rotatable bonds is 2. The van der Waals surface area contributed by atoms with Gasteiger partial charge in [0.2, 0.25) is 0 Å². The van der Waals surface area contributed by atoms with Gasteiger partial charge in [-0.1, -0.05) is 0 Å². The number of aryl methyl sites for hydroxylation is 1. The number of carbonyl (C=O) groups excluding carboxylic acids is 1. The zero-order valence-corrected chi connectivity index (χ0v) is 6.71. The van der Waals surface area contributed by atoms with Crippen molar-refractivity contribution in [3.05, 3.63) is 18.2 Å². The predicted octanol–water partition coefficient (Wildman–Crippen LogP) is 1.30. The van der Waals surface area contributed by atoms with Crippen LogP contribution in [0.1, 0.15) is 5.69 Å². The van der Waals surface area contributed by atoms with Gasteiger partial charge in [0.25, 0.3) is 0 Å². The van der Waals surface area contributed by atoms with Crippen molar-refractivity contribution < 1.29 is 9.53 Å². The van der Waals surface area contributed by atoms with Gasteiger partial charge in [0.05, 0.1) is 18.2 Å². The van der Waals surface area contributed by atoms with Crippen molar-refractivity contribution in [1.82, 2.24) is 9.55 Å². The van der Waals surface area contributed by atoms with Crippen LogP contribution in [0.15, 0.2) is 12.5 Å². The predicted molar refractivity (Wildman–Crippen MR) is 39.2 cm³/mol. The molecule has 1 heterocycles. The van der Waals surface area contributed by atoms with E-state index < -0.39 is 5.43 Å². The Morgan fingerprint density at radius 2 is 2.64 bits per heavy atom. The van der Waals surface area contributed by atoms with Gasteiger partial charge in [0, 0.05) is 18.6 Å². The van der Waals surface area contributed by atoms with E-state index in [1.165, 1.54) is 0 Å². The van der Waals surface area contributed by atoms with Crippen molar-refractivity contribution in [2.75, 3.05) is 0 Å². The fourth-order valence-electron chi connectivity index (χ4n) is 0.654. The zero-order chi connectivity index (χ0) is 8.27. The fraction of sp³-hybridized carbons (Fsp3) is 0.333. The minimum atomic E-state index is -0.800. The van der Waals surface area contributed by atoms with Crippen LogP contribution in [0.4, 0.5) is 4.79 Å². The molecule has 0 atom stereocenters. The Hall–Kier alpha value is -1.03. The molecule has 0 radical (unpaired) electrons. The monoisotopic (exact) mass is 174 g/mol. The minimum absolute atomic E-state index is 0.166. The Labute approximate surface area is 68.7 Å². The molecule has 0 N–H and O–H groups in total. The number of hydrogen-bond acceptors (Lipinski definition) is 3. The van der Waals surface area contributed by atoms with Gasteiger partial charge in [0.1, 0.15) is 6.61 Å². The van der Waals surface area contributed by atoms with Crippen LogP contribution in [-0.4, -0.2) is 15.0 Å². The largest absolute Gasteiger partial charge is 0.447 e. The molecule has 0 bridgehead atoms. The lowest BCUT2D eigenvalue weighted by Gasteiger charge is -1.99. The first-order valence-corrected chi connectivity index (χ1v) is 3.35. The molecule has 0 aromatic carbocycles. The second-order valence-electron chi connectivity index (χ2n) is 2.02. The summed E-state index contributed by atoms with van der Waals surface area (Å²) < 4.78 is 6.28. The van der Waals surface area contributed by atoms with E-state index in [1.54, 1.807) is 17.1 Å². The summed E-state index contributed by atoms with van der Waals surface area (Å²) in [5.74, 6) is 0. The molecule has 0 unspecified atom stereocenters. The van der Waals surface area contributed by atoms with Crippen LogP contribution >= 0.6 is 11.6 Å². The standard InChI is InChI=1S/C6H7ClN2O2/c1-9-4-8-2-5(9)3-11-6(7)10/h2,4H,3H2,1H3. The van der Waals surface area contributed by atoms with Crippen LogP contribution in [0.25, 0.3) is 0 Å². The molecule has 0 aliphatic heterocycles. The van der Waals surface area contributed by atoms with Crippen molar-refractivity contribution >= 4 is 17.0 Å². The van der Waals surface area contributed by atoms with Gasteiger partial charge < -0.3 is 9.30 Å². The third kappa shape index (κ3) is 2.23.